The van der Waals surface area contributed by atoms with Gasteiger partial charge in [0.05, 0.1) is 12.6 Å². The van der Waals surface area contributed by atoms with Crippen molar-refractivity contribution in [2.24, 2.45) is 23.7 Å². The summed E-state index contributed by atoms with van der Waals surface area (Å²) in [6.45, 7) is 6.67. The van der Waals surface area contributed by atoms with Crippen LogP contribution in [0.25, 0.3) is 0 Å². The monoisotopic (exact) mass is 440 g/mol. The van der Waals surface area contributed by atoms with Gasteiger partial charge in [0, 0.05) is 18.3 Å². The number of fused-ring (bicyclic) bond motifs is 2. The molecular formula is C23H29NaO7. The SMILES string of the molecule is C[C@H]1[C@@H](OCc2ccc(C(=O)[O-])cc2)O[C@@H]2O[C@]3(C)CCC4[C@H](C)CC[C@@H]1C42OO3.[Na+]. The molecule has 0 radical (unpaired) electrons. The predicted octanol–water partition coefficient (Wildman–Crippen LogP) is -0.221. The molecule has 2 bridgehead atoms. The molecule has 6 rings (SSSR count). The Morgan fingerprint density at radius 1 is 1.13 bits per heavy atom. The third-order valence-corrected chi connectivity index (χ3v) is 7.70. The largest absolute Gasteiger partial charge is 1.00 e. The number of carboxylic acids is 1. The summed E-state index contributed by atoms with van der Waals surface area (Å²) in [5.41, 5.74) is 0.433. The fraction of sp³-hybridized carbons (Fsp3) is 0.696. The zero-order chi connectivity index (χ0) is 21.1. The van der Waals surface area contributed by atoms with Crippen molar-refractivity contribution in [2.45, 2.75) is 77.0 Å². The van der Waals surface area contributed by atoms with Crippen LogP contribution in [0.3, 0.4) is 0 Å². The number of carbonyl (C=O) groups is 1. The fourth-order valence-electron chi connectivity index (χ4n) is 5.98. The van der Waals surface area contributed by atoms with Gasteiger partial charge in [0.2, 0.25) is 5.79 Å². The van der Waals surface area contributed by atoms with E-state index < -0.39 is 29.9 Å². The second-order valence-electron chi connectivity index (χ2n) is 9.57. The maximum absolute atomic E-state index is 10.9. The summed E-state index contributed by atoms with van der Waals surface area (Å²) in [6.07, 6.45) is 2.97. The van der Waals surface area contributed by atoms with Gasteiger partial charge in [-0.1, -0.05) is 38.1 Å². The topological polar surface area (TPSA) is 86.3 Å². The van der Waals surface area contributed by atoms with Gasteiger partial charge in [0.1, 0.15) is 0 Å². The van der Waals surface area contributed by atoms with Crippen LogP contribution in [0.2, 0.25) is 0 Å². The molecule has 1 saturated carbocycles. The molecule has 0 N–H and O–H groups in total. The summed E-state index contributed by atoms with van der Waals surface area (Å²) in [6, 6.07) is 6.53. The number of hydrogen-bond donors (Lipinski definition) is 0. The van der Waals surface area contributed by atoms with Crippen molar-refractivity contribution in [1.82, 2.24) is 0 Å². The predicted molar refractivity (Wildman–Crippen MR) is 102 cm³/mol. The number of ether oxygens (including phenoxy) is 3. The second-order valence-corrected chi connectivity index (χ2v) is 9.57. The van der Waals surface area contributed by atoms with Gasteiger partial charge in [-0.25, -0.2) is 9.78 Å². The van der Waals surface area contributed by atoms with Crippen molar-refractivity contribution in [1.29, 1.82) is 0 Å². The molecular weight excluding hydrogens is 411 g/mol. The maximum atomic E-state index is 10.9. The molecule has 1 spiro atoms. The zero-order valence-electron chi connectivity index (χ0n) is 18.7. The van der Waals surface area contributed by atoms with E-state index in [-0.39, 0.29) is 47.0 Å². The van der Waals surface area contributed by atoms with Gasteiger partial charge in [-0.2, -0.15) is 0 Å². The first kappa shape index (κ1) is 23.6. The first-order valence-corrected chi connectivity index (χ1v) is 10.9. The molecule has 8 atom stereocenters. The van der Waals surface area contributed by atoms with Crippen LogP contribution in [-0.2, 0) is 30.6 Å². The summed E-state index contributed by atoms with van der Waals surface area (Å²) in [5.74, 6) is -0.824. The maximum Gasteiger partial charge on any atom is 1.00 e. The first-order valence-electron chi connectivity index (χ1n) is 10.9. The third kappa shape index (κ3) is 3.91. The molecule has 4 heterocycles. The normalized spacial score (nSPS) is 43.5. The van der Waals surface area contributed by atoms with Crippen LogP contribution in [-0.4, -0.2) is 29.9 Å². The van der Waals surface area contributed by atoms with Crippen LogP contribution in [0.4, 0.5) is 0 Å². The van der Waals surface area contributed by atoms with Gasteiger partial charge >= 0.3 is 29.6 Å². The van der Waals surface area contributed by atoms with Gasteiger partial charge in [-0.05, 0) is 49.1 Å². The average Bonchev–Trinajstić information content (AvgIpc) is 2.96. The summed E-state index contributed by atoms with van der Waals surface area (Å²) >= 11 is 0. The number of carbonyl (C=O) groups excluding carboxylic acids is 1. The number of carboxylic acid groups (broad SMARTS) is 1. The Bertz CT molecular complexity index is 817. The van der Waals surface area contributed by atoms with E-state index in [0.29, 0.717) is 18.4 Å². The van der Waals surface area contributed by atoms with Crippen molar-refractivity contribution in [2.75, 3.05) is 0 Å². The van der Waals surface area contributed by atoms with Gasteiger partial charge < -0.3 is 24.1 Å². The Kier molecular flexibility index (Phi) is 6.63. The molecule has 4 aliphatic heterocycles. The van der Waals surface area contributed by atoms with Gasteiger partial charge in [0.15, 0.2) is 18.2 Å². The molecule has 7 nitrogen and oxygen atoms in total. The van der Waals surface area contributed by atoms with Crippen molar-refractivity contribution in [3.63, 3.8) is 0 Å². The Morgan fingerprint density at radius 3 is 2.58 bits per heavy atom. The number of rotatable bonds is 4. The third-order valence-electron chi connectivity index (χ3n) is 7.70. The number of aromatic carboxylic acids is 1. The molecule has 0 aromatic heterocycles. The molecule has 0 amide bonds. The fourth-order valence-corrected chi connectivity index (χ4v) is 5.98. The minimum Gasteiger partial charge on any atom is -0.545 e. The minimum atomic E-state index is -1.19. The Morgan fingerprint density at radius 2 is 1.87 bits per heavy atom. The van der Waals surface area contributed by atoms with E-state index >= 15 is 0 Å². The van der Waals surface area contributed by atoms with Crippen LogP contribution in [0.1, 0.15) is 62.4 Å². The minimum absolute atomic E-state index is 0. The van der Waals surface area contributed by atoms with Gasteiger partial charge in [0.25, 0.3) is 0 Å². The van der Waals surface area contributed by atoms with E-state index in [1.807, 2.05) is 6.92 Å². The van der Waals surface area contributed by atoms with Crippen molar-refractivity contribution in [3.8, 4) is 0 Å². The van der Waals surface area contributed by atoms with Crippen LogP contribution in [0.5, 0.6) is 0 Å². The molecule has 5 fully saturated rings. The quantitative estimate of drug-likeness (QED) is 0.473. The molecule has 8 heteroatoms. The van der Waals surface area contributed by atoms with Crippen molar-refractivity contribution < 1.29 is 63.4 Å². The summed E-state index contributed by atoms with van der Waals surface area (Å²) in [5, 5.41) is 10.9. The van der Waals surface area contributed by atoms with E-state index in [4.69, 9.17) is 24.0 Å². The van der Waals surface area contributed by atoms with Crippen LogP contribution in [0.15, 0.2) is 24.3 Å². The molecule has 31 heavy (non-hydrogen) atoms. The van der Waals surface area contributed by atoms with Crippen molar-refractivity contribution >= 4 is 5.97 Å². The second kappa shape index (κ2) is 8.69. The molecule has 1 aromatic carbocycles. The van der Waals surface area contributed by atoms with E-state index in [2.05, 4.69) is 13.8 Å². The number of benzene rings is 1. The molecule has 4 saturated heterocycles. The van der Waals surface area contributed by atoms with Crippen LogP contribution >= 0.6 is 0 Å². The first-order chi connectivity index (χ1) is 14.3. The van der Waals surface area contributed by atoms with E-state index in [9.17, 15) is 9.90 Å². The van der Waals surface area contributed by atoms with E-state index in [1.54, 1.807) is 12.1 Å². The standard InChI is InChI=1S/C23H30O7.Na/c1-13-4-9-18-14(2)20(26-12-15-5-7-16(8-6-15)19(24)25)27-21-23(18)17(13)10-11-22(3,28-21)29-30-23;/h5-8,13-14,17-18,20-21H,4,9-12H2,1-3H3,(H,24,25);/q;+1/p-1/t13-,14-,17?,18+,20+,21-,22+,23?;/m1./s1. The Balaban J connectivity index is 0.00000231. The molecule has 1 aliphatic carbocycles. The van der Waals surface area contributed by atoms with E-state index in [0.717, 1.165) is 31.2 Å². The summed E-state index contributed by atoms with van der Waals surface area (Å²) in [7, 11) is 0. The molecule has 5 aliphatic rings. The van der Waals surface area contributed by atoms with Crippen LogP contribution in [0, 0.1) is 23.7 Å². The van der Waals surface area contributed by atoms with Crippen molar-refractivity contribution in [3.05, 3.63) is 35.4 Å². The van der Waals surface area contributed by atoms with Gasteiger partial charge in [-0.3, -0.25) is 0 Å². The Labute approximate surface area is 204 Å². The average molecular weight is 440 g/mol. The van der Waals surface area contributed by atoms with Crippen LogP contribution < -0.4 is 34.7 Å². The molecule has 164 valence electrons. The summed E-state index contributed by atoms with van der Waals surface area (Å²) < 4.78 is 18.9. The smallest absolute Gasteiger partial charge is 0.545 e. The summed E-state index contributed by atoms with van der Waals surface area (Å²) in [4.78, 5) is 22.9. The zero-order valence-corrected chi connectivity index (χ0v) is 20.7. The van der Waals surface area contributed by atoms with E-state index in [1.165, 1.54) is 12.1 Å². The molecule has 1 aromatic rings. The number of hydrogen-bond acceptors (Lipinski definition) is 7. The van der Waals surface area contributed by atoms with Gasteiger partial charge in [-0.15, -0.1) is 0 Å². The molecule has 2 unspecified atom stereocenters. The Hall–Kier alpha value is -0.510.